The quantitative estimate of drug-likeness (QED) is 0.930. The van der Waals surface area contributed by atoms with Gasteiger partial charge in [0.15, 0.2) is 0 Å². The minimum Gasteiger partial charge on any atom is -0.481 e. The Balaban J connectivity index is 1.58. The Hall–Kier alpha value is -1.81. The first-order valence-corrected chi connectivity index (χ1v) is 7.12. The van der Waals surface area contributed by atoms with E-state index in [0.29, 0.717) is 12.3 Å². The van der Waals surface area contributed by atoms with Crippen LogP contribution in [0.2, 0.25) is 0 Å². The van der Waals surface area contributed by atoms with Crippen molar-refractivity contribution in [2.24, 2.45) is 5.92 Å². The lowest BCUT2D eigenvalue weighted by atomic mass is 9.93. The summed E-state index contributed by atoms with van der Waals surface area (Å²) in [5.74, 6) is 0.642. The zero-order valence-electron chi connectivity index (χ0n) is 11.4. The van der Waals surface area contributed by atoms with Crippen LogP contribution in [0.5, 0.6) is 0 Å². The number of benzene rings is 1. The number of nitrogens with zero attached hydrogens (tertiary/aromatic N) is 1. The molecule has 4 heteroatoms. The standard InChI is InChI=1S/C16H19NO3/c18-16(19)9-12-5-7-17(8-6-12)11-14-10-13-3-1-2-4-15(13)20-14/h1-4,10,12H,5-9,11H2,(H,18,19). The fourth-order valence-electron chi connectivity index (χ4n) is 2.93. The lowest BCUT2D eigenvalue weighted by Gasteiger charge is -2.30. The molecule has 0 atom stereocenters. The van der Waals surface area contributed by atoms with Gasteiger partial charge in [-0.3, -0.25) is 9.69 Å². The Kier molecular flexibility index (Phi) is 3.74. The summed E-state index contributed by atoms with van der Waals surface area (Å²) in [5.41, 5.74) is 0.934. The fourth-order valence-corrected chi connectivity index (χ4v) is 2.93. The van der Waals surface area contributed by atoms with E-state index in [-0.39, 0.29) is 0 Å². The molecule has 20 heavy (non-hydrogen) atoms. The van der Waals surface area contributed by atoms with Crippen LogP contribution < -0.4 is 0 Å². The number of hydrogen-bond donors (Lipinski definition) is 1. The Morgan fingerprint density at radius 2 is 2.05 bits per heavy atom. The summed E-state index contributed by atoms with van der Waals surface area (Å²) >= 11 is 0. The number of piperidine rings is 1. The van der Waals surface area contributed by atoms with Crippen molar-refractivity contribution in [2.75, 3.05) is 13.1 Å². The van der Waals surface area contributed by atoms with E-state index in [1.807, 2.05) is 18.2 Å². The first-order chi connectivity index (χ1) is 9.70. The zero-order chi connectivity index (χ0) is 13.9. The number of hydrogen-bond acceptors (Lipinski definition) is 3. The van der Waals surface area contributed by atoms with E-state index < -0.39 is 5.97 Å². The summed E-state index contributed by atoms with van der Waals surface area (Å²) in [5, 5.41) is 9.96. The molecule has 0 spiro atoms. The van der Waals surface area contributed by atoms with Gasteiger partial charge in [-0.25, -0.2) is 0 Å². The molecule has 3 rings (SSSR count). The molecule has 0 amide bonds. The van der Waals surface area contributed by atoms with Crippen molar-refractivity contribution >= 4 is 16.9 Å². The molecular formula is C16H19NO3. The van der Waals surface area contributed by atoms with Crippen LogP contribution in [0.1, 0.15) is 25.0 Å². The van der Waals surface area contributed by atoms with Crippen molar-refractivity contribution < 1.29 is 14.3 Å². The third-order valence-corrected chi connectivity index (χ3v) is 4.03. The van der Waals surface area contributed by atoms with Crippen LogP contribution in [0.25, 0.3) is 11.0 Å². The highest BCUT2D eigenvalue weighted by atomic mass is 16.4. The highest BCUT2D eigenvalue weighted by molar-refractivity contribution is 5.77. The molecule has 0 aliphatic carbocycles. The number of furan rings is 1. The van der Waals surface area contributed by atoms with Gasteiger partial charge in [-0.15, -0.1) is 0 Å². The lowest BCUT2D eigenvalue weighted by Crippen LogP contribution is -2.33. The molecule has 1 aliphatic heterocycles. The van der Waals surface area contributed by atoms with Crippen LogP contribution in [-0.2, 0) is 11.3 Å². The average molecular weight is 273 g/mol. The van der Waals surface area contributed by atoms with E-state index in [9.17, 15) is 4.79 Å². The number of carboxylic acid groups (broad SMARTS) is 1. The van der Waals surface area contributed by atoms with Crippen molar-refractivity contribution in [3.63, 3.8) is 0 Å². The van der Waals surface area contributed by atoms with Gasteiger partial charge in [0.25, 0.3) is 0 Å². The van der Waals surface area contributed by atoms with Crippen LogP contribution in [0, 0.1) is 5.92 Å². The molecule has 1 saturated heterocycles. The minimum absolute atomic E-state index is 0.304. The Bertz CT molecular complexity index is 564. The highest BCUT2D eigenvalue weighted by Crippen LogP contribution is 2.24. The predicted octanol–water partition coefficient (Wildman–Crippen LogP) is 3.12. The molecule has 0 unspecified atom stereocenters. The molecule has 0 radical (unpaired) electrons. The van der Waals surface area contributed by atoms with Crippen molar-refractivity contribution in [1.29, 1.82) is 0 Å². The maximum absolute atomic E-state index is 10.7. The SMILES string of the molecule is O=C(O)CC1CCN(Cc2cc3ccccc3o2)CC1. The summed E-state index contributed by atoms with van der Waals surface area (Å²) in [7, 11) is 0. The highest BCUT2D eigenvalue weighted by Gasteiger charge is 2.21. The van der Waals surface area contributed by atoms with Gasteiger partial charge in [0.05, 0.1) is 6.54 Å². The number of carbonyl (C=O) groups is 1. The molecule has 0 saturated carbocycles. The van der Waals surface area contributed by atoms with Crippen LogP contribution in [-0.4, -0.2) is 29.1 Å². The number of carboxylic acids is 1. The maximum atomic E-state index is 10.7. The van der Waals surface area contributed by atoms with E-state index in [2.05, 4.69) is 17.0 Å². The summed E-state index contributed by atoms with van der Waals surface area (Å²) in [6.45, 7) is 2.72. The van der Waals surface area contributed by atoms with E-state index in [0.717, 1.165) is 49.2 Å². The van der Waals surface area contributed by atoms with Crippen molar-refractivity contribution in [3.8, 4) is 0 Å². The molecular weight excluding hydrogens is 254 g/mol. The molecule has 1 aromatic carbocycles. The van der Waals surface area contributed by atoms with E-state index in [1.165, 1.54) is 0 Å². The Labute approximate surface area is 118 Å². The number of para-hydroxylation sites is 1. The summed E-state index contributed by atoms with van der Waals surface area (Å²) in [6, 6.07) is 10.1. The topological polar surface area (TPSA) is 53.7 Å². The monoisotopic (exact) mass is 273 g/mol. The number of fused-ring (bicyclic) bond motifs is 1. The lowest BCUT2D eigenvalue weighted by molar-refractivity contribution is -0.138. The Morgan fingerprint density at radius 1 is 1.30 bits per heavy atom. The molecule has 1 N–H and O–H groups in total. The molecule has 106 valence electrons. The molecule has 2 heterocycles. The summed E-state index contributed by atoms with van der Waals surface area (Å²) in [6.07, 6.45) is 2.23. The first-order valence-electron chi connectivity index (χ1n) is 7.12. The third kappa shape index (κ3) is 3.02. The second-order valence-electron chi connectivity index (χ2n) is 5.57. The van der Waals surface area contributed by atoms with E-state index in [4.69, 9.17) is 9.52 Å². The predicted molar refractivity (Wildman–Crippen MR) is 76.5 cm³/mol. The van der Waals surface area contributed by atoms with Crippen LogP contribution in [0.4, 0.5) is 0 Å². The summed E-state index contributed by atoms with van der Waals surface area (Å²) in [4.78, 5) is 13.1. The maximum Gasteiger partial charge on any atom is 0.303 e. The van der Waals surface area contributed by atoms with Gasteiger partial charge in [-0.1, -0.05) is 18.2 Å². The zero-order valence-corrected chi connectivity index (χ0v) is 11.4. The van der Waals surface area contributed by atoms with Gasteiger partial charge in [-0.05, 0) is 44.0 Å². The second-order valence-corrected chi connectivity index (χ2v) is 5.57. The largest absolute Gasteiger partial charge is 0.481 e. The number of likely N-dealkylation sites (tertiary alicyclic amines) is 1. The van der Waals surface area contributed by atoms with Crippen molar-refractivity contribution in [1.82, 2.24) is 4.90 Å². The van der Waals surface area contributed by atoms with Gasteiger partial charge < -0.3 is 9.52 Å². The Morgan fingerprint density at radius 3 is 2.75 bits per heavy atom. The first kappa shape index (κ1) is 13.2. The molecule has 1 aliphatic rings. The van der Waals surface area contributed by atoms with Crippen LogP contribution in [0.15, 0.2) is 34.7 Å². The number of rotatable bonds is 4. The van der Waals surface area contributed by atoms with Gasteiger partial charge in [0.1, 0.15) is 11.3 Å². The molecule has 2 aromatic rings. The van der Waals surface area contributed by atoms with Gasteiger partial charge in [0.2, 0.25) is 0 Å². The third-order valence-electron chi connectivity index (χ3n) is 4.03. The molecule has 1 aromatic heterocycles. The fraction of sp³-hybridized carbons (Fsp3) is 0.438. The normalized spacial score (nSPS) is 17.6. The summed E-state index contributed by atoms with van der Waals surface area (Å²) < 4.78 is 5.83. The van der Waals surface area contributed by atoms with Crippen LogP contribution >= 0.6 is 0 Å². The van der Waals surface area contributed by atoms with Gasteiger partial charge in [0, 0.05) is 11.8 Å². The van der Waals surface area contributed by atoms with Crippen LogP contribution in [0.3, 0.4) is 0 Å². The number of aliphatic carboxylic acids is 1. The van der Waals surface area contributed by atoms with Crippen molar-refractivity contribution in [3.05, 3.63) is 36.1 Å². The van der Waals surface area contributed by atoms with E-state index >= 15 is 0 Å². The molecule has 1 fully saturated rings. The minimum atomic E-state index is -0.680. The average Bonchev–Trinajstić information content (AvgIpc) is 2.82. The second kappa shape index (κ2) is 5.67. The molecule has 4 nitrogen and oxygen atoms in total. The smallest absolute Gasteiger partial charge is 0.303 e. The van der Waals surface area contributed by atoms with E-state index in [1.54, 1.807) is 0 Å². The van der Waals surface area contributed by atoms with Gasteiger partial charge in [-0.2, -0.15) is 0 Å². The molecule has 0 bridgehead atoms. The van der Waals surface area contributed by atoms with Gasteiger partial charge >= 0.3 is 5.97 Å². The van der Waals surface area contributed by atoms with Crippen molar-refractivity contribution in [2.45, 2.75) is 25.8 Å².